The summed E-state index contributed by atoms with van der Waals surface area (Å²) in [5.41, 5.74) is 2.08. The number of rotatable bonds is 2. The highest BCUT2D eigenvalue weighted by Crippen LogP contribution is 2.44. The standard InChI is InChI=1S/C20H28N2O/c23-20-13-6-5-9-16(20)8-2-4-11-18(20)22-19-17-10-3-1-7-15(17)12-14-21-19/h1,7,12,14,16,18,23H,2-6,8-11,13H2,(H,21,22). The van der Waals surface area contributed by atoms with Crippen LogP contribution in [-0.2, 0) is 6.42 Å². The topological polar surface area (TPSA) is 45.1 Å². The molecule has 0 aromatic carbocycles. The minimum absolute atomic E-state index is 0.153. The van der Waals surface area contributed by atoms with Crippen LogP contribution in [0.3, 0.4) is 0 Å². The Balaban J connectivity index is 1.63. The predicted molar refractivity (Wildman–Crippen MR) is 94.4 cm³/mol. The monoisotopic (exact) mass is 312 g/mol. The molecule has 3 heteroatoms. The molecular formula is C20H28N2O. The average molecular weight is 312 g/mol. The van der Waals surface area contributed by atoms with Gasteiger partial charge in [-0.1, -0.05) is 37.8 Å². The Hall–Kier alpha value is -1.35. The summed E-state index contributed by atoms with van der Waals surface area (Å²) in [7, 11) is 0. The zero-order chi connectivity index (χ0) is 15.7. The quantitative estimate of drug-likeness (QED) is 0.855. The van der Waals surface area contributed by atoms with E-state index in [1.54, 1.807) is 0 Å². The van der Waals surface area contributed by atoms with E-state index < -0.39 is 5.60 Å². The van der Waals surface area contributed by atoms with Crippen molar-refractivity contribution in [1.82, 2.24) is 4.98 Å². The molecule has 3 unspecified atom stereocenters. The van der Waals surface area contributed by atoms with Crippen molar-refractivity contribution in [3.63, 3.8) is 0 Å². The van der Waals surface area contributed by atoms with E-state index in [0.717, 1.165) is 37.9 Å². The van der Waals surface area contributed by atoms with Gasteiger partial charge in [0, 0.05) is 11.8 Å². The summed E-state index contributed by atoms with van der Waals surface area (Å²) >= 11 is 0. The molecule has 0 saturated heterocycles. The number of hydrogen-bond donors (Lipinski definition) is 2. The maximum absolute atomic E-state index is 11.5. The van der Waals surface area contributed by atoms with Crippen LogP contribution in [0.25, 0.3) is 6.08 Å². The van der Waals surface area contributed by atoms with Crippen molar-refractivity contribution < 1.29 is 5.11 Å². The molecule has 1 heterocycles. The highest BCUT2D eigenvalue weighted by atomic mass is 16.3. The zero-order valence-corrected chi connectivity index (χ0v) is 13.9. The largest absolute Gasteiger partial charge is 0.387 e. The molecule has 1 aromatic heterocycles. The number of aromatic nitrogens is 1. The number of nitrogens with one attached hydrogen (secondary N) is 1. The maximum atomic E-state index is 11.5. The number of allylic oxidation sites excluding steroid dienone is 1. The molecule has 23 heavy (non-hydrogen) atoms. The van der Waals surface area contributed by atoms with E-state index in [1.807, 2.05) is 6.20 Å². The molecular weight excluding hydrogens is 284 g/mol. The van der Waals surface area contributed by atoms with Crippen LogP contribution in [0, 0.1) is 5.92 Å². The van der Waals surface area contributed by atoms with Gasteiger partial charge in [0.1, 0.15) is 5.82 Å². The Morgan fingerprint density at radius 3 is 2.87 bits per heavy atom. The van der Waals surface area contributed by atoms with Crippen molar-refractivity contribution in [3.8, 4) is 0 Å². The Bertz CT molecular complexity index is 597. The van der Waals surface area contributed by atoms with Crippen LogP contribution in [0.1, 0.15) is 68.9 Å². The van der Waals surface area contributed by atoms with Gasteiger partial charge in [-0.3, -0.25) is 0 Å². The smallest absolute Gasteiger partial charge is 0.130 e. The van der Waals surface area contributed by atoms with Gasteiger partial charge in [0.2, 0.25) is 0 Å². The summed E-state index contributed by atoms with van der Waals surface area (Å²) in [6.45, 7) is 0. The third-order valence-electron chi connectivity index (χ3n) is 6.25. The number of nitrogens with zero attached hydrogens (tertiary/aromatic N) is 1. The minimum atomic E-state index is -0.538. The van der Waals surface area contributed by atoms with E-state index in [9.17, 15) is 5.11 Å². The van der Waals surface area contributed by atoms with Gasteiger partial charge in [0.05, 0.1) is 11.6 Å². The first kappa shape index (κ1) is 15.2. The lowest BCUT2D eigenvalue weighted by molar-refractivity contribution is -0.0614. The average Bonchev–Trinajstić information content (AvgIpc) is 2.74. The first-order valence-electron chi connectivity index (χ1n) is 9.41. The van der Waals surface area contributed by atoms with Gasteiger partial charge in [-0.25, -0.2) is 4.98 Å². The minimum Gasteiger partial charge on any atom is -0.387 e. The summed E-state index contributed by atoms with van der Waals surface area (Å²) in [5.74, 6) is 1.48. The molecule has 3 aliphatic rings. The van der Waals surface area contributed by atoms with E-state index in [4.69, 9.17) is 0 Å². The van der Waals surface area contributed by atoms with Crippen molar-refractivity contribution in [3.05, 3.63) is 29.5 Å². The molecule has 0 aliphatic heterocycles. The lowest BCUT2D eigenvalue weighted by Crippen LogP contribution is -2.53. The van der Waals surface area contributed by atoms with Gasteiger partial charge in [-0.2, -0.15) is 0 Å². The molecule has 3 atom stereocenters. The second-order valence-corrected chi connectivity index (χ2v) is 7.58. The molecule has 2 N–H and O–H groups in total. The fourth-order valence-electron chi connectivity index (χ4n) is 4.95. The predicted octanol–water partition coefficient (Wildman–Crippen LogP) is 4.32. The zero-order valence-electron chi connectivity index (χ0n) is 13.9. The second-order valence-electron chi connectivity index (χ2n) is 7.58. The van der Waals surface area contributed by atoms with Crippen molar-refractivity contribution in [2.24, 2.45) is 5.92 Å². The molecule has 0 radical (unpaired) electrons. The molecule has 3 nitrogen and oxygen atoms in total. The molecule has 124 valence electrons. The van der Waals surface area contributed by atoms with Crippen LogP contribution in [-0.4, -0.2) is 21.7 Å². The number of pyridine rings is 1. The molecule has 2 fully saturated rings. The fourth-order valence-corrected chi connectivity index (χ4v) is 4.95. The summed E-state index contributed by atoms with van der Waals surface area (Å²) in [6, 6.07) is 2.25. The molecule has 0 bridgehead atoms. The van der Waals surface area contributed by atoms with Gasteiger partial charge in [-0.15, -0.1) is 0 Å². The van der Waals surface area contributed by atoms with Crippen molar-refractivity contribution >= 4 is 11.9 Å². The normalized spacial score (nSPS) is 33.4. The van der Waals surface area contributed by atoms with Gasteiger partial charge >= 0.3 is 0 Å². The highest BCUT2D eigenvalue weighted by molar-refractivity contribution is 5.63. The van der Waals surface area contributed by atoms with Gasteiger partial charge in [0.15, 0.2) is 0 Å². The summed E-state index contributed by atoms with van der Waals surface area (Å²) in [6.07, 6.45) is 17.8. The van der Waals surface area contributed by atoms with Crippen LogP contribution in [0.4, 0.5) is 5.82 Å². The van der Waals surface area contributed by atoms with Gasteiger partial charge < -0.3 is 10.4 Å². The molecule has 0 amide bonds. The Morgan fingerprint density at radius 1 is 1.13 bits per heavy atom. The Labute approximate surface area is 139 Å². The van der Waals surface area contributed by atoms with Crippen LogP contribution in [0.2, 0.25) is 0 Å². The summed E-state index contributed by atoms with van der Waals surface area (Å²) < 4.78 is 0. The van der Waals surface area contributed by atoms with E-state index in [-0.39, 0.29) is 6.04 Å². The lowest BCUT2D eigenvalue weighted by Gasteiger charge is -2.44. The molecule has 3 aliphatic carbocycles. The van der Waals surface area contributed by atoms with Crippen molar-refractivity contribution in [2.45, 2.75) is 75.9 Å². The second kappa shape index (κ2) is 6.27. The molecule has 2 saturated carbocycles. The molecule has 0 spiro atoms. The van der Waals surface area contributed by atoms with Crippen LogP contribution in [0.5, 0.6) is 0 Å². The Morgan fingerprint density at radius 2 is 1.96 bits per heavy atom. The van der Waals surface area contributed by atoms with Gasteiger partial charge in [-0.05, 0) is 56.1 Å². The summed E-state index contributed by atoms with van der Waals surface area (Å²) in [4.78, 5) is 4.63. The van der Waals surface area contributed by atoms with E-state index >= 15 is 0 Å². The van der Waals surface area contributed by atoms with Crippen LogP contribution >= 0.6 is 0 Å². The first-order valence-corrected chi connectivity index (χ1v) is 9.41. The van der Waals surface area contributed by atoms with Crippen molar-refractivity contribution in [2.75, 3.05) is 5.32 Å². The van der Waals surface area contributed by atoms with Gasteiger partial charge in [0.25, 0.3) is 0 Å². The highest BCUT2D eigenvalue weighted by Gasteiger charge is 2.46. The maximum Gasteiger partial charge on any atom is 0.130 e. The van der Waals surface area contributed by atoms with E-state index in [1.165, 1.54) is 43.2 Å². The third kappa shape index (κ3) is 2.80. The van der Waals surface area contributed by atoms with E-state index in [0.29, 0.717) is 5.92 Å². The summed E-state index contributed by atoms with van der Waals surface area (Å²) in [5, 5.41) is 15.2. The SMILES string of the molecule is OC12CCCCC1CCCCC2Nc1nccc2c1CCC=C2. The Kier molecular flexibility index (Phi) is 4.14. The van der Waals surface area contributed by atoms with E-state index in [2.05, 4.69) is 28.5 Å². The number of anilines is 1. The molecule has 4 rings (SSSR count). The van der Waals surface area contributed by atoms with Crippen molar-refractivity contribution in [1.29, 1.82) is 0 Å². The number of fused-ring (bicyclic) bond motifs is 2. The lowest BCUT2D eigenvalue weighted by atomic mass is 9.70. The molecule has 1 aromatic rings. The van der Waals surface area contributed by atoms with Crippen LogP contribution < -0.4 is 5.32 Å². The third-order valence-corrected chi connectivity index (χ3v) is 6.25. The number of aliphatic hydroxyl groups is 1. The van der Waals surface area contributed by atoms with Crippen LogP contribution in [0.15, 0.2) is 18.3 Å². The first-order chi connectivity index (χ1) is 11.3. The number of hydrogen-bond acceptors (Lipinski definition) is 3. The fraction of sp³-hybridized carbons (Fsp3) is 0.650.